The number of carbonyl (C=O) groups excluding carboxylic acids is 2. The van der Waals surface area contributed by atoms with Gasteiger partial charge in [-0.3, -0.25) is 9.59 Å². The number of rotatable bonds is 3. The molecule has 1 aliphatic carbocycles. The third kappa shape index (κ3) is 2.55. The van der Waals surface area contributed by atoms with Crippen LogP contribution in [-0.4, -0.2) is 38.9 Å². The van der Waals surface area contributed by atoms with Gasteiger partial charge in [0.1, 0.15) is 0 Å². The lowest BCUT2D eigenvalue weighted by molar-refractivity contribution is -0.185. The van der Waals surface area contributed by atoms with Gasteiger partial charge in [0, 0.05) is 12.5 Å². The number of methoxy groups -OCH3 is 2. The lowest BCUT2D eigenvalue weighted by Gasteiger charge is -2.43. The molecule has 5 heteroatoms. The van der Waals surface area contributed by atoms with Crippen molar-refractivity contribution in [1.82, 2.24) is 0 Å². The fourth-order valence-corrected chi connectivity index (χ4v) is 3.74. The summed E-state index contributed by atoms with van der Waals surface area (Å²) in [6, 6.07) is 0. The van der Waals surface area contributed by atoms with Crippen LogP contribution in [0, 0.1) is 11.3 Å². The van der Waals surface area contributed by atoms with Crippen molar-refractivity contribution in [2.45, 2.75) is 51.0 Å². The summed E-state index contributed by atoms with van der Waals surface area (Å²) in [6.07, 6.45) is 6.16. The molecule has 0 spiro atoms. The first-order valence-electron chi connectivity index (χ1n) is 7.45. The zero-order valence-electron chi connectivity index (χ0n) is 12.4. The van der Waals surface area contributed by atoms with Crippen molar-refractivity contribution < 1.29 is 23.8 Å². The van der Waals surface area contributed by atoms with Gasteiger partial charge in [-0.2, -0.15) is 0 Å². The molecule has 2 rings (SSSR count). The molecule has 2 fully saturated rings. The molecular formula is C15H24O5. The topological polar surface area (TPSA) is 61.8 Å². The van der Waals surface area contributed by atoms with Gasteiger partial charge in [0.2, 0.25) is 0 Å². The second-order valence-electron chi connectivity index (χ2n) is 5.71. The van der Waals surface area contributed by atoms with Gasteiger partial charge in [0.05, 0.1) is 20.3 Å². The van der Waals surface area contributed by atoms with Crippen LogP contribution in [0.5, 0.6) is 0 Å². The van der Waals surface area contributed by atoms with E-state index in [0.29, 0.717) is 13.0 Å². The van der Waals surface area contributed by atoms with Crippen LogP contribution in [0.25, 0.3) is 0 Å². The van der Waals surface area contributed by atoms with Gasteiger partial charge in [-0.1, -0.05) is 12.8 Å². The van der Waals surface area contributed by atoms with Gasteiger partial charge in [-0.05, 0) is 32.1 Å². The normalized spacial score (nSPS) is 29.5. The molecule has 20 heavy (non-hydrogen) atoms. The van der Waals surface area contributed by atoms with Gasteiger partial charge >= 0.3 is 11.9 Å². The summed E-state index contributed by atoms with van der Waals surface area (Å²) in [6.45, 7) is 0.708. The second kappa shape index (κ2) is 6.57. The van der Waals surface area contributed by atoms with Crippen molar-refractivity contribution in [1.29, 1.82) is 0 Å². The molecule has 2 atom stereocenters. The van der Waals surface area contributed by atoms with Crippen molar-refractivity contribution in [3.8, 4) is 0 Å². The molecule has 0 bridgehead atoms. The van der Waals surface area contributed by atoms with E-state index in [9.17, 15) is 9.59 Å². The molecule has 0 aromatic carbocycles. The molecule has 1 saturated heterocycles. The van der Waals surface area contributed by atoms with Crippen LogP contribution < -0.4 is 0 Å². The lowest BCUT2D eigenvalue weighted by Crippen LogP contribution is -2.53. The van der Waals surface area contributed by atoms with Crippen molar-refractivity contribution in [3.63, 3.8) is 0 Å². The third-order valence-electron chi connectivity index (χ3n) is 4.73. The zero-order chi connectivity index (χ0) is 14.6. The van der Waals surface area contributed by atoms with E-state index in [-0.39, 0.29) is 12.0 Å². The standard InChI is InChI=1S/C15H24O5/c1-18-13(16)15(14(17)19-2)9-5-3-7-11(15)12-8-4-6-10-20-12/h11-12H,3-10H2,1-2H3. The fourth-order valence-electron chi connectivity index (χ4n) is 3.74. The molecule has 2 unspecified atom stereocenters. The highest BCUT2D eigenvalue weighted by atomic mass is 16.5. The maximum atomic E-state index is 12.4. The molecule has 0 radical (unpaired) electrons. The average molecular weight is 284 g/mol. The van der Waals surface area contributed by atoms with Crippen molar-refractivity contribution in [3.05, 3.63) is 0 Å². The Hall–Kier alpha value is -1.10. The Morgan fingerprint density at radius 3 is 2.20 bits per heavy atom. The minimum absolute atomic E-state index is 0.0396. The van der Waals surface area contributed by atoms with Gasteiger partial charge in [0.15, 0.2) is 5.41 Å². The van der Waals surface area contributed by atoms with Gasteiger partial charge in [-0.15, -0.1) is 0 Å². The lowest BCUT2D eigenvalue weighted by atomic mass is 9.63. The summed E-state index contributed by atoms with van der Waals surface area (Å²) in [5, 5.41) is 0. The Morgan fingerprint density at radius 2 is 1.65 bits per heavy atom. The predicted molar refractivity (Wildman–Crippen MR) is 72.0 cm³/mol. The van der Waals surface area contributed by atoms with Crippen molar-refractivity contribution in [2.75, 3.05) is 20.8 Å². The van der Waals surface area contributed by atoms with Crippen molar-refractivity contribution in [2.24, 2.45) is 11.3 Å². The monoisotopic (exact) mass is 284 g/mol. The SMILES string of the molecule is COC(=O)C1(C(=O)OC)CCCCC1C1CCCCO1. The zero-order valence-corrected chi connectivity index (χ0v) is 12.4. The Labute approximate surface area is 120 Å². The van der Waals surface area contributed by atoms with E-state index in [1.807, 2.05) is 0 Å². The van der Waals surface area contributed by atoms with Crippen molar-refractivity contribution >= 4 is 11.9 Å². The number of carbonyl (C=O) groups is 2. The smallest absolute Gasteiger partial charge is 0.323 e. The van der Waals surface area contributed by atoms with Crippen LogP contribution in [-0.2, 0) is 23.8 Å². The van der Waals surface area contributed by atoms with E-state index in [0.717, 1.165) is 38.5 Å². The summed E-state index contributed by atoms with van der Waals surface area (Å²) in [5.41, 5.74) is -1.18. The Balaban J connectivity index is 2.32. The van der Waals surface area contributed by atoms with Gasteiger partial charge in [-0.25, -0.2) is 0 Å². The van der Waals surface area contributed by atoms with E-state index in [4.69, 9.17) is 14.2 Å². The van der Waals surface area contributed by atoms with E-state index >= 15 is 0 Å². The molecule has 0 aromatic rings. The van der Waals surface area contributed by atoms with Crippen LogP contribution in [0.1, 0.15) is 44.9 Å². The van der Waals surface area contributed by atoms with Crippen LogP contribution in [0.3, 0.4) is 0 Å². The maximum absolute atomic E-state index is 12.4. The molecule has 2 aliphatic rings. The second-order valence-corrected chi connectivity index (χ2v) is 5.71. The fraction of sp³-hybridized carbons (Fsp3) is 0.867. The molecule has 0 aromatic heterocycles. The molecule has 0 amide bonds. The van der Waals surface area contributed by atoms with E-state index in [1.165, 1.54) is 14.2 Å². The Bertz CT molecular complexity index is 343. The van der Waals surface area contributed by atoms with Gasteiger partial charge in [0.25, 0.3) is 0 Å². The van der Waals surface area contributed by atoms with Gasteiger partial charge < -0.3 is 14.2 Å². The molecular weight excluding hydrogens is 260 g/mol. The summed E-state index contributed by atoms with van der Waals surface area (Å²) >= 11 is 0. The van der Waals surface area contributed by atoms with Crippen LogP contribution in [0.15, 0.2) is 0 Å². The summed E-state index contributed by atoms with van der Waals surface area (Å²) in [7, 11) is 2.67. The minimum Gasteiger partial charge on any atom is -0.468 e. The first kappa shape index (κ1) is 15.3. The molecule has 0 N–H and O–H groups in total. The van der Waals surface area contributed by atoms with E-state index in [1.54, 1.807) is 0 Å². The molecule has 5 nitrogen and oxygen atoms in total. The highest BCUT2D eigenvalue weighted by Crippen LogP contribution is 2.47. The largest absolute Gasteiger partial charge is 0.468 e. The summed E-state index contributed by atoms with van der Waals surface area (Å²) in [4.78, 5) is 24.7. The minimum atomic E-state index is -1.18. The molecule has 1 aliphatic heterocycles. The quantitative estimate of drug-likeness (QED) is 0.586. The predicted octanol–water partition coefficient (Wildman–Crippen LogP) is 2.08. The summed E-state index contributed by atoms with van der Waals surface area (Å²) in [5.74, 6) is -1.07. The molecule has 1 heterocycles. The number of esters is 2. The first-order chi connectivity index (χ1) is 9.66. The number of hydrogen-bond acceptors (Lipinski definition) is 5. The third-order valence-corrected chi connectivity index (χ3v) is 4.73. The Morgan fingerprint density at radius 1 is 1.00 bits per heavy atom. The Kier molecular flexibility index (Phi) is 5.02. The average Bonchev–Trinajstić information content (AvgIpc) is 2.53. The van der Waals surface area contributed by atoms with Crippen LogP contribution in [0.4, 0.5) is 0 Å². The van der Waals surface area contributed by atoms with E-state index in [2.05, 4.69) is 0 Å². The first-order valence-corrected chi connectivity index (χ1v) is 7.45. The van der Waals surface area contributed by atoms with E-state index < -0.39 is 17.4 Å². The maximum Gasteiger partial charge on any atom is 0.323 e. The molecule has 1 saturated carbocycles. The summed E-state index contributed by atoms with van der Waals surface area (Å²) < 4.78 is 15.7. The van der Waals surface area contributed by atoms with Crippen LogP contribution in [0.2, 0.25) is 0 Å². The highest BCUT2D eigenvalue weighted by Gasteiger charge is 2.57. The molecule has 114 valence electrons. The number of ether oxygens (including phenoxy) is 3. The van der Waals surface area contributed by atoms with Crippen LogP contribution >= 0.6 is 0 Å². The number of hydrogen-bond donors (Lipinski definition) is 0. The highest BCUT2D eigenvalue weighted by molar-refractivity contribution is 6.00.